The summed E-state index contributed by atoms with van der Waals surface area (Å²) in [5.74, 6) is -0.659. The van der Waals surface area contributed by atoms with Gasteiger partial charge in [-0.05, 0) is 48.1 Å². The number of halogens is 1. The van der Waals surface area contributed by atoms with E-state index in [1.807, 2.05) is 31.4 Å². The zero-order valence-electron chi connectivity index (χ0n) is 15.5. The Labute approximate surface area is 161 Å². The van der Waals surface area contributed by atoms with E-state index >= 15 is 0 Å². The largest absolute Gasteiger partial charge is 0.369 e. The maximum atomic E-state index is 13.6. The summed E-state index contributed by atoms with van der Waals surface area (Å²) in [5, 5.41) is 11.0. The van der Waals surface area contributed by atoms with Crippen molar-refractivity contribution in [2.24, 2.45) is 16.6 Å². The Hall–Kier alpha value is -2.72. The van der Waals surface area contributed by atoms with Crippen LogP contribution in [0.4, 0.5) is 4.39 Å². The van der Waals surface area contributed by atoms with Crippen LogP contribution in [0.3, 0.4) is 0 Å². The van der Waals surface area contributed by atoms with E-state index in [4.69, 9.17) is 11.0 Å². The Morgan fingerprint density at radius 1 is 1.41 bits per heavy atom. The van der Waals surface area contributed by atoms with Crippen LogP contribution in [0.15, 0.2) is 34.6 Å². The molecule has 27 heavy (non-hydrogen) atoms. The number of hydrogen-bond acceptors (Lipinski definition) is 5. The summed E-state index contributed by atoms with van der Waals surface area (Å²) in [4.78, 5) is 19.8. The van der Waals surface area contributed by atoms with E-state index in [-0.39, 0.29) is 23.3 Å². The van der Waals surface area contributed by atoms with Crippen molar-refractivity contribution >= 4 is 23.2 Å². The number of carbonyl (C=O) groups excluding carboxylic acids is 1. The van der Waals surface area contributed by atoms with Gasteiger partial charge in [0.25, 0.3) is 0 Å². The minimum absolute atomic E-state index is 0.00653. The lowest BCUT2D eigenvalue weighted by atomic mass is 9.79. The molecule has 0 radical (unpaired) electrons. The van der Waals surface area contributed by atoms with Crippen LogP contribution in [0.25, 0.3) is 11.1 Å². The van der Waals surface area contributed by atoms with Gasteiger partial charge >= 0.3 is 0 Å². The van der Waals surface area contributed by atoms with Gasteiger partial charge in [-0.2, -0.15) is 5.26 Å². The molecule has 1 aliphatic rings. The van der Waals surface area contributed by atoms with Gasteiger partial charge in [-0.3, -0.25) is 9.69 Å². The minimum atomic E-state index is -0.745. The van der Waals surface area contributed by atoms with E-state index in [1.54, 1.807) is 13.1 Å². The molecule has 2 aromatic rings. The first-order chi connectivity index (χ1) is 12.8. The Bertz CT molecular complexity index is 961. The third-order valence-electron chi connectivity index (χ3n) is 5.09. The predicted molar refractivity (Wildman–Crippen MR) is 105 cm³/mol. The summed E-state index contributed by atoms with van der Waals surface area (Å²) in [6, 6.07) is 8.29. The highest BCUT2D eigenvalue weighted by molar-refractivity contribution is 7.10. The molecule has 1 aromatic heterocycles. The summed E-state index contributed by atoms with van der Waals surface area (Å²) < 4.78 is 13.6. The van der Waals surface area contributed by atoms with Crippen LogP contribution in [0, 0.1) is 23.1 Å². The number of benzene rings is 1. The maximum Gasteiger partial charge on any atom is 0.234 e. The molecule has 0 aliphatic carbocycles. The highest BCUT2D eigenvalue weighted by atomic mass is 32.1. The number of nitrogens with zero attached hydrogens (tertiary/aromatic N) is 3. The predicted octanol–water partition coefficient (Wildman–Crippen LogP) is 3.84. The molecule has 140 valence electrons. The van der Waals surface area contributed by atoms with Crippen LogP contribution in [0.2, 0.25) is 0 Å². The van der Waals surface area contributed by atoms with Crippen molar-refractivity contribution in [3.8, 4) is 17.2 Å². The number of rotatable bonds is 4. The number of guanidine groups is 1. The topological polar surface area (TPSA) is 82.5 Å². The zero-order valence-corrected chi connectivity index (χ0v) is 16.3. The van der Waals surface area contributed by atoms with Crippen molar-refractivity contribution in [1.82, 2.24) is 4.90 Å². The van der Waals surface area contributed by atoms with Crippen molar-refractivity contribution in [2.75, 3.05) is 7.05 Å². The molecule has 0 fully saturated rings. The number of aliphatic imine (C=N–C) groups is 1. The molecule has 2 atom stereocenters. The second kappa shape index (κ2) is 7.12. The fraction of sp³-hybridized carbons (Fsp3) is 0.350. The highest BCUT2D eigenvalue weighted by Gasteiger charge is 2.46. The lowest BCUT2D eigenvalue weighted by Gasteiger charge is -2.39. The molecule has 0 spiro atoms. The normalized spacial score (nSPS) is 22.5. The van der Waals surface area contributed by atoms with Crippen molar-refractivity contribution in [1.29, 1.82) is 5.26 Å². The summed E-state index contributed by atoms with van der Waals surface area (Å²) in [6.45, 7) is 3.98. The smallest absolute Gasteiger partial charge is 0.234 e. The SMILES string of the molecule is CCC[C@@H]1C(=O)N(C)C(N)=N[C@]1(C)c1cc(-c2ccc(F)c(C#N)c2)cs1. The molecule has 2 heterocycles. The molecule has 0 unspecified atom stereocenters. The third kappa shape index (κ3) is 3.21. The van der Waals surface area contributed by atoms with E-state index < -0.39 is 11.4 Å². The summed E-state index contributed by atoms with van der Waals surface area (Å²) in [5.41, 5.74) is 6.87. The number of thiophene rings is 1. The number of carbonyl (C=O) groups is 1. The van der Waals surface area contributed by atoms with Crippen molar-refractivity contribution in [3.05, 3.63) is 45.9 Å². The molecular formula is C20H21FN4OS. The van der Waals surface area contributed by atoms with Crippen LogP contribution in [0.5, 0.6) is 0 Å². The zero-order chi connectivity index (χ0) is 19.8. The fourth-order valence-corrected chi connectivity index (χ4v) is 4.52. The van der Waals surface area contributed by atoms with Gasteiger partial charge in [-0.25, -0.2) is 9.38 Å². The van der Waals surface area contributed by atoms with Gasteiger partial charge < -0.3 is 5.73 Å². The first kappa shape index (κ1) is 19.1. The number of hydrogen-bond donors (Lipinski definition) is 1. The monoisotopic (exact) mass is 384 g/mol. The van der Waals surface area contributed by atoms with Crippen molar-refractivity contribution < 1.29 is 9.18 Å². The van der Waals surface area contributed by atoms with E-state index in [0.717, 1.165) is 22.4 Å². The van der Waals surface area contributed by atoms with Crippen LogP contribution in [-0.2, 0) is 10.3 Å². The molecule has 0 bridgehead atoms. The van der Waals surface area contributed by atoms with Crippen LogP contribution < -0.4 is 5.73 Å². The second-order valence-electron chi connectivity index (χ2n) is 6.86. The van der Waals surface area contributed by atoms with E-state index in [0.29, 0.717) is 6.42 Å². The number of amides is 1. The second-order valence-corrected chi connectivity index (χ2v) is 7.77. The average Bonchev–Trinajstić information content (AvgIpc) is 3.15. The van der Waals surface area contributed by atoms with Gasteiger partial charge in [0.05, 0.1) is 11.5 Å². The van der Waals surface area contributed by atoms with Crippen molar-refractivity contribution in [2.45, 2.75) is 32.2 Å². The van der Waals surface area contributed by atoms with Crippen LogP contribution in [-0.4, -0.2) is 23.8 Å². The summed E-state index contributed by atoms with van der Waals surface area (Å²) in [6.07, 6.45) is 1.57. The van der Waals surface area contributed by atoms with E-state index in [2.05, 4.69) is 4.99 Å². The molecule has 1 aliphatic heterocycles. The number of nitriles is 1. The van der Waals surface area contributed by atoms with E-state index in [9.17, 15) is 9.18 Å². The van der Waals surface area contributed by atoms with Gasteiger partial charge in [0.2, 0.25) is 5.91 Å². The lowest BCUT2D eigenvalue weighted by Crippen LogP contribution is -2.53. The Kier molecular flexibility index (Phi) is 5.03. The van der Waals surface area contributed by atoms with Gasteiger partial charge in [0, 0.05) is 11.9 Å². The first-order valence-corrected chi connectivity index (χ1v) is 9.61. The Morgan fingerprint density at radius 3 is 2.81 bits per heavy atom. The molecule has 5 nitrogen and oxygen atoms in total. The molecular weight excluding hydrogens is 363 g/mol. The summed E-state index contributed by atoms with van der Waals surface area (Å²) in [7, 11) is 1.64. The average molecular weight is 384 g/mol. The Balaban J connectivity index is 2.06. The molecule has 3 rings (SSSR count). The molecule has 1 aromatic carbocycles. The van der Waals surface area contributed by atoms with E-state index in [1.165, 1.54) is 28.4 Å². The van der Waals surface area contributed by atoms with Crippen LogP contribution >= 0.6 is 11.3 Å². The minimum Gasteiger partial charge on any atom is -0.369 e. The first-order valence-electron chi connectivity index (χ1n) is 8.73. The van der Waals surface area contributed by atoms with Gasteiger partial charge in [-0.15, -0.1) is 11.3 Å². The molecule has 2 N–H and O–H groups in total. The quantitative estimate of drug-likeness (QED) is 0.869. The van der Waals surface area contributed by atoms with Crippen LogP contribution in [0.1, 0.15) is 37.1 Å². The maximum absolute atomic E-state index is 13.6. The third-order valence-corrected chi connectivity index (χ3v) is 6.25. The molecule has 0 saturated carbocycles. The standard InChI is InChI=1S/C20H21FN4OS/c1-4-5-15-18(26)25(3)19(23)24-20(15,2)17-9-14(11-27-17)12-6-7-16(21)13(8-12)10-22/h6-9,11,15H,4-5H2,1-3H3,(H2,23,24)/t15-,20+/m1/s1. The summed E-state index contributed by atoms with van der Waals surface area (Å²) >= 11 is 1.49. The lowest BCUT2D eigenvalue weighted by molar-refractivity contribution is -0.134. The number of nitrogens with two attached hydrogens (primary N) is 1. The Morgan fingerprint density at radius 2 is 2.15 bits per heavy atom. The van der Waals surface area contributed by atoms with Crippen molar-refractivity contribution in [3.63, 3.8) is 0 Å². The molecule has 1 amide bonds. The fourth-order valence-electron chi connectivity index (χ4n) is 3.44. The molecule has 7 heteroatoms. The van der Waals surface area contributed by atoms with Gasteiger partial charge in [0.1, 0.15) is 17.4 Å². The highest BCUT2D eigenvalue weighted by Crippen LogP contribution is 2.44. The van der Waals surface area contributed by atoms with Gasteiger partial charge in [0.15, 0.2) is 5.96 Å². The molecule has 0 saturated heterocycles. The van der Waals surface area contributed by atoms with Gasteiger partial charge in [-0.1, -0.05) is 19.4 Å².